The van der Waals surface area contributed by atoms with Gasteiger partial charge in [0, 0.05) is 42.0 Å². The molecule has 2 aliphatic rings. The van der Waals surface area contributed by atoms with E-state index >= 15 is 0 Å². The molecule has 2 amide bonds. The number of hydrogen-bond acceptors (Lipinski definition) is 5. The van der Waals surface area contributed by atoms with Crippen molar-refractivity contribution in [2.45, 2.75) is 63.5 Å². The number of primary amides is 1. The highest BCUT2D eigenvalue weighted by molar-refractivity contribution is 5.94. The molecule has 3 unspecified atom stereocenters. The van der Waals surface area contributed by atoms with Crippen LogP contribution in [0.2, 0.25) is 0 Å². The lowest BCUT2D eigenvalue weighted by molar-refractivity contribution is -0.139. The molecule has 2 fully saturated rings. The summed E-state index contributed by atoms with van der Waals surface area (Å²) in [6, 6.07) is 11.9. The Hall–Kier alpha value is -3.32. The number of amides is 2. The second kappa shape index (κ2) is 11.4. The maximum Gasteiger partial charge on any atom is 0.234 e. The van der Waals surface area contributed by atoms with Crippen molar-refractivity contribution < 1.29 is 9.59 Å². The van der Waals surface area contributed by atoms with Gasteiger partial charge < -0.3 is 16.0 Å². The second-order valence-electron chi connectivity index (χ2n) is 10.6. The molecule has 0 bridgehead atoms. The molecule has 37 heavy (non-hydrogen) atoms. The predicted octanol–water partition coefficient (Wildman–Crippen LogP) is 4.62. The van der Waals surface area contributed by atoms with Gasteiger partial charge in [-0.2, -0.15) is 0 Å². The van der Waals surface area contributed by atoms with Crippen LogP contribution in [0.1, 0.15) is 63.0 Å². The smallest absolute Gasteiger partial charge is 0.234 e. The molecule has 1 aliphatic heterocycles. The zero-order valence-electron chi connectivity index (χ0n) is 21.6. The van der Waals surface area contributed by atoms with Crippen LogP contribution in [0.5, 0.6) is 0 Å². The number of carbonyl (C=O) groups excluding carboxylic acids is 2. The molecule has 3 atom stereocenters. The zero-order chi connectivity index (χ0) is 25.8. The van der Waals surface area contributed by atoms with E-state index in [9.17, 15) is 9.59 Å². The van der Waals surface area contributed by atoms with Crippen molar-refractivity contribution in [3.8, 4) is 11.3 Å². The van der Waals surface area contributed by atoms with Crippen molar-refractivity contribution >= 4 is 22.6 Å². The number of likely N-dealkylation sites (N-methyl/N-ethyl adjacent to an activating group) is 1. The molecule has 194 valence electrons. The maximum absolute atomic E-state index is 14.2. The first-order chi connectivity index (χ1) is 18.1. The fraction of sp³-hybridized carbons (Fsp3) is 0.467. The van der Waals surface area contributed by atoms with Gasteiger partial charge in [0.25, 0.3) is 0 Å². The first-order valence-corrected chi connectivity index (χ1v) is 13.6. The van der Waals surface area contributed by atoms with Crippen LogP contribution in [0.3, 0.4) is 0 Å². The Morgan fingerprint density at radius 3 is 2.68 bits per heavy atom. The SMILES string of the molecule is CNC(CC(C(=O)N1CCCC1c1ccnc(-c2cncc3ccccc23)c1)C1CCCCC1)C(N)=O. The number of benzene rings is 1. The second-order valence-corrected chi connectivity index (χ2v) is 10.6. The summed E-state index contributed by atoms with van der Waals surface area (Å²) < 4.78 is 0. The van der Waals surface area contributed by atoms with Crippen molar-refractivity contribution in [3.05, 3.63) is 60.6 Å². The van der Waals surface area contributed by atoms with E-state index < -0.39 is 11.9 Å². The molecule has 1 saturated heterocycles. The maximum atomic E-state index is 14.2. The summed E-state index contributed by atoms with van der Waals surface area (Å²) >= 11 is 0. The summed E-state index contributed by atoms with van der Waals surface area (Å²) in [5.41, 5.74) is 8.64. The van der Waals surface area contributed by atoms with Crippen molar-refractivity contribution in [2.24, 2.45) is 17.6 Å². The monoisotopic (exact) mass is 499 g/mol. The van der Waals surface area contributed by atoms with Crippen molar-refractivity contribution in [2.75, 3.05) is 13.6 Å². The van der Waals surface area contributed by atoms with Gasteiger partial charge in [-0.3, -0.25) is 19.6 Å². The van der Waals surface area contributed by atoms with E-state index in [4.69, 9.17) is 5.73 Å². The third-order valence-electron chi connectivity index (χ3n) is 8.37. The van der Waals surface area contributed by atoms with Gasteiger partial charge in [-0.25, -0.2) is 0 Å². The number of aromatic nitrogens is 2. The summed E-state index contributed by atoms with van der Waals surface area (Å²) in [7, 11) is 1.75. The number of likely N-dealkylation sites (tertiary alicyclic amines) is 1. The summed E-state index contributed by atoms with van der Waals surface area (Å²) in [6.07, 6.45) is 13.5. The topological polar surface area (TPSA) is 101 Å². The normalized spacial score (nSPS) is 20.1. The molecule has 0 spiro atoms. The van der Waals surface area contributed by atoms with E-state index in [0.29, 0.717) is 12.3 Å². The molecule has 0 radical (unpaired) electrons. The molecule has 3 aromatic rings. The van der Waals surface area contributed by atoms with E-state index in [-0.39, 0.29) is 17.9 Å². The highest BCUT2D eigenvalue weighted by Gasteiger charge is 2.39. The Morgan fingerprint density at radius 1 is 1.08 bits per heavy atom. The summed E-state index contributed by atoms with van der Waals surface area (Å²) in [6.45, 7) is 0.737. The Kier molecular flexibility index (Phi) is 7.79. The highest BCUT2D eigenvalue weighted by Crippen LogP contribution is 2.39. The van der Waals surface area contributed by atoms with E-state index in [1.807, 2.05) is 36.8 Å². The van der Waals surface area contributed by atoms with Crippen molar-refractivity contribution in [1.29, 1.82) is 0 Å². The summed E-state index contributed by atoms with van der Waals surface area (Å²) in [5.74, 6) is -0.125. The zero-order valence-corrected chi connectivity index (χ0v) is 21.6. The predicted molar refractivity (Wildman–Crippen MR) is 145 cm³/mol. The van der Waals surface area contributed by atoms with Crippen LogP contribution in [0.15, 0.2) is 55.0 Å². The molecule has 2 aromatic heterocycles. The molecule has 5 rings (SSSR count). The average molecular weight is 500 g/mol. The van der Waals surface area contributed by atoms with Gasteiger partial charge in [-0.05, 0) is 68.2 Å². The summed E-state index contributed by atoms with van der Waals surface area (Å²) in [5, 5.41) is 5.23. The first kappa shape index (κ1) is 25.3. The van der Waals surface area contributed by atoms with Crippen LogP contribution < -0.4 is 11.1 Å². The minimum absolute atomic E-state index is 0.00453. The Labute approximate surface area is 218 Å². The van der Waals surface area contributed by atoms with Gasteiger partial charge in [0.15, 0.2) is 0 Å². The first-order valence-electron chi connectivity index (χ1n) is 13.6. The van der Waals surface area contributed by atoms with Gasteiger partial charge in [0.05, 0.1) is 17.8 Å². The number of fused-ring (bicyclic) bond motifs is 1. The number of rotatable bonds is 8. The Morgan fingerprint density at radius 2 is 1.89 bits per heavy atom. The number of nitrogens with zero attached hydrogens (tertiary/aromatic N) is 3. The van der Waals surface area contributed by atoms with Crippen molar-refractivity contribution in [1.82, 2.24) is 20.2 Å². The molecular weight excluding hydrogens is 462 g/mol. The average Bonchev–Trinajstić information content (AvgIpc) is 3.44. The third-order valence-corrected chi connectivity index (χ3v) is 8.37. The molecule has 7 heteroatoms. The lowest BCUT2D eigenvalue weighted by Crippen LogP contribution is -2.46. The van der Waals surface area contributed by atoms with Gasteiger partial charge in [-0.1, -0.05) is 43.5 Å². The van der Waals surface area contributed by atoms with E-state index in [1.54, 1.807) is 7.05 Å². The minimum atomic E-state index is -0.497. The standard InChI is InChI=1S/C30H37N5O2/c1-32-27(29(31)36)17-24(20-8-3-2-4-9-20)30(37)35-15-7-12-28(35)21-13-14-34-26(16-21)25-19-33-18-22-10-5-6-11-23(22)25/h5-6,10-11,13-14,16,18-20,24,27-28,32H,2-4,7-9,12,15,17H2,1H3,(H2,31,36). The Balaban J connectivity index is 1.44. The lowest BCUT2D eigenvalue weighted by Gasteiger charge is -2.36. The van der Waals surface area contributed by atoms with Crippen LogP contribution in [0, 0.1) is 11.8 Å². The molecule has 1 aromatic carbocycles. The fourth-order valence-electron chi connectivity index (χ4n) is 6.37. The number of pyridine rings is 2. The van der Waals surface area contributed by atoms with Crippen LogP contribution in [0.25, 0.3) is 22.0 Å². The van der Waals surface area contributed by atoms with E-state index in [0.717, 1.165) is 72.7 Å². The molecular formula is C30H37N5O2. The van der Waals surface area contributed by atoms with Crippen LogP contribution in [-0.4, -0.2) is 46.3 Å². The minimum Gasteiger partial charge on any atom is -0.368 e. The van der Waals surface area contributed by atoms with Crippen molar-refractivity contribution in [3.63, 3.8) is 0 Å². The van der Waals surface area contributed by atoms with E-state index in [2.05, 4.69) is 38.4 Å². The molecule has 3 heterocycles. The van der Waals surface area contributed by atoms with Gasteiger partial charge in [0.1, 0.15) is 0 Å². The molecule has 1 aliphatic carbocycles. The Bertz CT molecular complexity index is 1250. The van der Waals surface area contributed by atoms with Gasteiger partial charge in [0.2, 0.25) is 11.8 Å². The molecule has 1 saturated carbocycles. The highest BCUT2D eigenvalue weighted by atomic mass is 16.2. The fourth-order valence-corrected chi connectivity index (χ4v) is 6.37. The molecule has 7 nitrogen and oxygen atoms in total. The number of carbonyl (C=O) groups is 2. The number of hydrogen-bond donors (Lipinski definition) is 2. The molecule has 3 N–H and O–H groups in total. The lowest BCUT2D eigenvalue weighted by atomic mass is 9.76. The quantitative estimate of drug-likeness (QED) is 0.471. The van der Waals surface area contributed by atoms with E-state index in [1.165, 1.54) is 6.42 Å². The van der Waals surface area contributed by atoms with Crippen LogP contribution >= 0.6 is 0 Å². The van der Waals surface area contributed by atoms with Crippen LogP contribution in [0.4, 0.5) is 0 Å². The summed E-state index contributed by atoms with van der Waals surface area (Å²) in [4.78, 5) is 37.4. The third kappa shape index (κ3) is 5.37. The van der Waals surface area contributed by atoms with Crippen LogP contribution in [-0.2, 0) is 9.59 Å². The van der Waals surface area contributed by atoms with Gasteiger partial charge in [-0.15, -0.1) is 0 Å². The largest absolute Gasteiger partial charge is 0.368 e. The van der Waals surface area contributed by atoms with Gasteiger partial charge >= 0.3 is 0 Å². The number of nitrogens with two attached hydrogens (primary N) is 1. The number of nitrogens with one attached hydrogen (secondary N) is 1.